The highest BCUT2D eigenvalue weighted by Crippen LogP contribution is 2.20. The van der Waals surface area contributed by atoms with Gasteiger partial charge >= 0.3 is 0 Å². The molecule has 0 aliphatic heterocycles. The van der Waals surface area contributed by atoms with E-state index in [1.165, 1.54) is 5.56 Å². The van der Waals surface area contributed by atoms with Crippen molar-refractivity contribution >= 4 is 5.69 Å². The van der Waals surface area contributed by atoms with Gasteiger partial charge in [-0.1, -0.05) is 72.5 Å². The molecule has 0 unspecified atom stereocenters. The van der Waals surface area contributed by atoms with E-state index in [4.69, 9.17) is 0 Å². The van der Waals surface area contributed by atoms with Crippen LogP contribution in [0.15, 0.2) is 84.9 Å². The zero-order valence-corrected chi connectivity index (χ0v) is 13.2. The SMILES string of the molecule is CN(Cc1ccccc1)c1ccccc1C#Cc1ccccc1. The van der Waals surface area contributed by atoms with E-state index in [1.54, 1.807) is 0 Å². The molecule has 0 bridgehead atoms. The third-order valence-corrected chi connectivity index (χ3v) is 3.69. The van der Waals surface area contributed by atoms with E-state index >= 15 is 0 Å². The van der Waals surface area contributed by atoms with Crippen molar-refractivity contribution in [1.82, 2.24) is 0 Å². The van der Waals surface area contributed by atoms with Crippen LogP contribution >= 0.6 is 0 Å². The van der Waals surface area contributed by atoms with E-state index in [9.17, 15) is 0 Å². The fourth-order valence-corrected chi connectivity index (χ4v) is 2.52. The Morgan fingerprint density at radius 3 is 2.04 bits per heavy atom. The van der Waals surface area contributed by atoms with Gasteiger partial charge in [0, 0.05) is 24.7 Å². The molecule has 0 fully saturated rings. The topological polar surface area (TPSA) is 3.24 Å². The van der Waals surface area contributed by atoms with Gasteiger partial charge in [-0.25, -0.2) is 0 Å². The number of benzene rings is 3. The van der Waals surface area contributed by atoms with E-state index in [-0.39, 0.29) is 0 Å². The maximum Gasteiger partial charge on any atom is 0.0525 e. The molecular formula is C22H19N. The maximum absolute atomic E-state index is 3.30. The largest absolute Gasteiger partial charge is 0.369 e. The average Bonchev–Trinajstić information content (AvgIpc) is 2.62. The highest BCUT2D eigenvalue weighted by molar-refractivity contribution is 5.61. The van der Waals surface area contributed by atoms with Crippen LogP contribution in [0.1, 0.15) is 16.7 Å². The summed E-state index contributed by atoms with van der Waals surface area (Å²) >= 11 is 0. The summed E-state index contributed by atoms with van der Waals surface area (Å²) in [7, 11) is 2.11. The van der Waals surface area contributed by atoms with Crippen LogP contribution in [0.4, 0.5) is 5.69 Å². The third-order valence-electron chi connectivity index (χ3n) is 3.69. The molecule has 3 aromatic rings. The van der Waals surface area contributed by atoms with Gasteiger partial charge in [0.1, 0.15) is 0 Å². The lowest BCUT2D eigenvalue weighted by Gasteiger charge is -2.21. The molecule has 0 aliphatic carbocycles. The molecule has 3 rings (SSSR count). The molecule has 0 radical (unpaired) electrons. The van der Waals surface area contributed by atoms with Gasteiger partial charge < -0.3 is 4.90 Å². The van der Waals surface area contributed by atoms with E-state index in [0.29, 0.717) is 0 Å². The Balaban J connectivity index is 1.85. The van der Waals surface area contributed by atoms with Crippen LogP contribution in [0.2, 0.25) is 0 Å². The number of hydrogen-bond acceptors (Lipinski definition) is 1. The minimum atomic E-state index is 0.866. The standard InChI is InChI=1S/C22H19N/c1-23(18-20-12-6-3-7-13-20)22-15-9-8-14-21(22)17-16-19-10-4-2-5-11-19/h2-15H,18H2,1H3. The normalized spacial score (nSPS) is 9.78. The van der Waals surface area contributed by atoms with Crippen molar-refractivity contribution in [2.24, 2.45) is 0 Å². The smallest absolute Gasteiger partial charge is 0.0525 e. The van der Waals surface area contributed by atoms with Crippen molar-refractivity contribution in [2.45, 2.75) is 6.54 Å². The maximum atomic E-state index is 3.30. The van der Waals surface area contributed by atoms with Crippen LogP contribution in [0.5, 0.6) is 0 Å². The number of nitrogens with zero attached hydrogens (tertiary/aromatic N) is 1. The van der Waals surface area contributed by atoms with Crippen LogP contribution in [-0.2, 0) is 6.54 Å². The van der Waals surface area contributed by atoms with Crippen molar-refractivity contribution < 1.29 is 0 Å². The molecule has 0 atom stereocenters. The summed E-state index contributed by atoms with van der Waals surface area (Å²) in [6, 6.07) is 28.9. The molecule has 23 heavy (non-hydrogen) atoms. The van der Waals surface area contributed by atoms with Gasteiger partial charge in [0.15, 0.2) is 0 Å². The lowest BCUT2D eigenvalue weighted by molar-refractivity contribution is 0.921. The van der Waals surface area contributed by atoms with Crippen LogP contribution in [0.25, 0.3) is 0 Å². The van der Waals surface area contributed by atoms with Crippen molar-refractivity contribution in [3.63, 3.8) is 0 Å². The summed E-state index contributed by atoms with van der Waals surface area (Å²) in [6.45, 7) is 0.866. The Bertz CT molecular complexity index is 811. The Morgan fingerprint density at radius 2 is 1.30 bits per heavy atom. The zero-order valence-electron chi connectivity index (χ0n) is 13.2. The lowest BCUT2D eigenvalue weighted by atomic mass is 10.1. The van der Waals surface area contributed by atoms with E-state index in [2.05, 4.69) is 66.3 Å². The molecule has 3 aromatic carbocycles. The Hall–Kier alpha value is -2.98. The predicted octanol–water partition coefficient (Wildman–Crippen LogP) is 4.72. The fourth-order valence-electron chi connectivity index (χ4n) is 2.52. The predicted molar refractivity (Wildman–Crippen MR) is 97.4 cm³/mol. The van der Waals surface area contributed by atoms with Gasteiger partial charge in [-0.3, -0.25) is 0 Å². The molecule has 112 valence electrons. The zero-order chi connectivity index (χ0) is 15.9. The highest BCUT2D eigenvalue weighted by Gasteiger charge is 2.05. The van der Waals surface area contributed by atoms with E-state index in [1.807, 2.05) is 42.5 Å². The molecule has 0 N–H and O–H groups in total. The molecule has 0 heterocycles. The van der Waals surface area contributed by atoms with Crippen molar-refractivity contribution in [3.8, 4) is 11.8 Å². The summed E-state index contributed by atoms with van der Waals surface area (Å²) in [6.07, 6.45) is 0. The Labute approximate surface area is 138 Å². The monoisotopic (exact) mass is 297 g/mol. The van der Waals surface area contributed by atoms with E-state index < -0.39 is 0 Å². The molecule has 1 heteroatoms. The summed E-state index contributed by atoms with van der Waals surface area (Å²) < 4.78 is 0. The van der Waals surface area contributed by atoms with Gasteiger partial charge in [-0.2, -0.15) is 0 Å². The molecule has 0 saturated carbocycles. The van der Waals surface area contributed by atoms with Gasteiger partial charge in [0.05, 0.1) is 5.69 Å². The Kier molecular flexibility index (Phi) is 4.76. The quantitative estimate of drug-likeness (QED) is 0.632. The molecular weight excluding hydrogens is 278 g/mol. The third kappa shape index (κ3) is 4.02. The summed E-state index contributed by atoms with van der Waals surface area (Å²) in [4.78, 5) is 2.24. The van der Waals surface area contributed by atoms with E-state index in [0.717, 1.165) is 23.4 Å². The first kappa shape index (κ1) is 14.9. The second-order valence-corrected chi connectivity index (χ2v) is 5.47. The van der Waals surface area contributed by atoms with Crippen molar-refractivity contribution in [1.29, 1.82) is 0 Å². The Morgan fingerprint density at radius 1 is 0.696 bits per heavy atom. The number of hydrogen-bond donors (Lipinski definition) is 0. The lowest BCUT2D eigenvalue weighted by Crippen LogP contribution is -2.17. The van der Waals surface area contributed by atoms with Crippen LogP contribution in [-0.4, -0.2) is 7.05 Å². The van der Waals surface area contributed by atoms with Crippen LogP contribution in [0, 0.1) is 11.8 Å². The first-order valence-corrected chi connectivity index (χ1v) is 7.74. The molecule has 0 amide bonds. The first-order valence-electron chi connectivity index (χ1n) is 7.74. The first-order chi connectivity index (χ1) is 11.3. The second kappa shape index (κ2) is 7.33. The van der Waals surface area contributed by atoms with Gasteiger partial charge in [-0.15, -0.1) is 0 Å². The van der Waals surface area contributed by atoms with Crippen molar-refractivity contribution in [2.75, 3.05) is 11.9 Å². The molecule has 0 aromatic heterocycles. The van der Waals surface area contributed by atoms with Crippen LogP contribution in [0.3, 0.4) is 0 Å². The number of rotatable bonds is 3. The summed E-state index contributed by atoms with van der Waals surface area (Å²) in [5.74, 6) is 6.55. The molecule has 1 nitrogen and oxygen atoms in total. The molecule has 0 spiro atoms. The van der Waals surface area contributed by atoms with Gasteiger partial charge in [0.2, 0.25) is 0 Å². The van der Waals surface area contributed by atoms with Gasteiger partial charge in [-0.05, 0) is 29.8 Å². The molecule has 0 saturated heterocycles. The molecule has 0 aliphatic rings. The van der Waals surface area contributed by atoms with Gasteiger partial charge in [0.25, 0.3) is 0 Å². The summed E-state index contributed by atoms with van der Waals surface area (Å²) in [5, 5.41) is 0. The second-order valence-electron chi connectivity index (χ2n) is 5.47. The summed E-state index contributed by atoms with van der Waals surface area (Å²) in [5.41, 5.74) is 4.53. The van der Waals surface area contributed by atoms with Crippen LogP contribution < -0.4 is 4.90 Å². The minimum Gasteiger partial charge on any atom is -0.369 e. The van der Waals surface area contributed by atoms with Crippen molar-refractivity contribution in [3.05, 3.63) is 102 Å². The average molecular weight is 297 g/mol. The number of anilines is 1. The fraction of sp³-hybridized carbons (Fsp3) is 0.0909. The highest BCUT2D eigenvalue weighted by atomic mass is 15.1. The number of para-hydroxylation sites is 1. The minimum absolute atomic E-state index is 0.866.